The van der Waals surface area contributed by atoms with Gasteiger partial charge in [0.15, 0.2) is 0 Å². The molecule has 0 radical (unpaired) electrons. The lowest BCUT2D eigenvalue weighted by Gasteiger charge is -2.24. The van der Waals surface area contributed by atoms with Crippen molar-refractivity contribution in [3.05, 3.63) is 12.2 Å². The fourth-order valence-electron chi connectivity index (χ4n) is 2.76. The van der Waals surface area contributed by atoms with E-state index in [-0.39, 0.29) is 24.2 Å². The average molecular weight is 266 g/mol. The van der Waals surface area contributed by atoms with Gasteiger partial charge in [-0.1, -0.05) is 19.1 Å². The van der Waals surface area contributed by atoms with Crippen molar-refractivity contribution < 1.29 is 14.3 Å². The summed E-state index contributed by atoms with van der Waals surface area (Å²) in [4.78, 5) is 27.7. The highest BCUT2D eigenvalue weighted by Crippen LogP contribution is 2.20. The van der Waals surface area contributed by atoms with Crippen molar-refractivity contribution in [1.29, 1.82) is 0 Å². The number of amides is 1. The molecule has 1 amide bonds. The summed E-state index contributed by atoms with van der Waals surface area (Å²) in [5.74, 6) is -0.539. The molecule has 0 N–H and O–H groups in total. The van der Waals surface area contributed by atoms with Gasteiger partial charge < -0.3 is 9.64 Å². The number of likely N-dealkylation sites (tertiary alicyclic amines) is 1. The Labute approximate surface area is 114 Å². The van der Waals surface area contributed by atoms with Crippen LogP contribution in [0.25, 0.3) is 0 Å². The zero-order valence-electron chi connectivity index (χ0n) is 11.7. The molecule has 0 bridgehead atoms. The molecule has 19 heavy (non-hydrogen) atoms. The number of ether oxygens (including phenoxy) is 1. The molecular formula is C14H22N2O3. The van der Waals surface area contributed by atoms with Crippen molar-refractivity contribution >= 4 is 11.9 Å². The molecule has 2 aliphatic heterocycles. The first-order valence-electron chi connectivity index (χ1n) is 6.86. The highest BCUT2D eigenvalue weighted by molar-refractivity contribution is 5.83. The maximum absolute atomic E-state index is 12.2. The van der Waals surface area contributed by atoms with Crippen LogP contribution in [0.5, 0.6) is 0 Å². The van der Waals surface area contributed by atoms with E-state index in [1.54, 1.807) is 6.92 Å². The van der Waals surface area contributed by atoms with Gasteiger partial charge in [0.1, 0.15) is 0 Å². The van der Waals surface area contributed by atoms with Crippen molar-refractivity contribution in [1.82, 2.24) is 9.80 Å². The number of methoxy groups -OCH3 is 1. The molecule has 0 unspecified atom stereocenters. The highest BCUT2D eigenvalue weighted by Gasteiger charge is 2.32. The number of hydrogen-bond acceptors (Lipinski definition) is 4. The minimum atomic E-state index is -0.319. The summed E-state index contributed by atoms with van der Waals surface area (Å²) in [6.07, 6.45) is 5.54. The zero-order chi connectivity index (χ0) is 13.8. The lowest BCUT2D eigenvalue weighted by molar-refractivity contribution is -0.146. The summed E-state index contributed by atoms with van der Waals surface area (Å²) in [6, 6.07) is 0.462. The number of carbonyl (C=O) groups is 2. The molecule has 0 aromatic heterocycles. The molecule has 5 nitrogen and oxygen atoms in total. The van der Waals surface area contributed by atoms with E-state index < -0.39 is 0 Å². The fraction of sp³-hybridized carbons (Fsp3) is 0.714. The van der Waals surface area contributed by atoms with E-state index in [9.17, 15) is 9.59 Å². The van der Waals surface area contributed by atoms with Gasteiger partial charge in [0.2, 0.25) is 5.91 Å². The summed E-state index contributed by atoms with van der Waals surface area (Å²) in [5.41, 5.74) is 0. The Morgan fingerprint density at radius 1 is 1.37 bits per heavy atom. The second-order valence-corrected chi connectivity index (χ2v) is 5.33. The molecule has 0 aromatic carbocycles. The van der Waals surface area contributed by atoms with E-state index in [4.69, 9.17) is 0 Å². The van der Waals surface area contributed by atoms with Crippen LogP contribution in [0.15, 0.2) is 12.2 Å². The van der Waals surface area contributed by atoms with E-state index in [0.29, 0.717) is 6.04 Å². The molecule has 2 atom stereocenters. The van der Waals surface area contributed by atoms with Gasteiger partial charge in [-0.25, -0.2) is 0 Å². The predicted molar refractivity (Wildman–Crippen MR) is 71.5 cm³/mol. The first-order chi connectivity index (χ1) is 9.11. The third kappa shape index (κ3) is 3.35. The molecule has 0 saturated carbocycles. The highest BCUT2D eigenvalue weighted by atomic mass is 16.5. The molecular weight excluding hydrogens is 244 g/mol. The molecule has 0 spiro atoms. The Morgan fingerprint density at radius 3 is 2.68 bits per heavy atom. The van der Waals surface area contributed by atoms with Crippen LogP contribution in [0.2, 0.25) is 0 Å². The Kier molecular flexibility index (Phi) is 4.58. The van der Waals surface area contributed by atoms with E-state index in [1.165, 1.54) is 7.11 Å². The topological polar surface area (TPSA) is 49.9 Å². The molecule has 106 valence electrons. The van der Waals surface area contributed by atoms with Crippen molar-refractivity contribution in [2.75, 3.05) is 33.3 Å². The number of rotatable bonds is 4. The standard InChI is InChI=1S/C14H22N2O3/c1-11(9-13(17)19-2)14(18)16-8-5-12(10-16)15-6-3-4-7-15/h3-4,11-12H,5-10H2,1-2H3/t11-,12+/m1/s1. The molecule has 2 heterocycles. The number of hydrogen-bond donors (Lipinski definition) is 0. The van der Waals surface area contributed by atoms with Gasteiger partial charge in [0, 0.05) is 38.1 Å². The second kappa shape index (κ2) is 6.19. The van der Waals surface area contributed by atoms with Gasteiger partial charge in [-0.05, 0) is 6.42 Å². The number of esters is 1. The van der Waals surface area contributed by atoms with Crippen LogP contribution in [0.3, 0.4) is 0 Å². The fourth-order valence-corrected chi connectivity index (χ4v) is 2.76. The third-order valence-electron chi connectivity index (χ3n) is 3.96. The van der Waals surface area contributed by atoms with E-state index >= 15 is 0 Å². The van der Waals surface area contributed by atoms with Crippen molar-refractivity contribution in [2.24, 2.45) is 5.92 Å². The first kappa shape index (κ1) is 14.1. The summed E-state index contributed by atoms with van der Waals surface area (Å²) in [5, 5.41) is 0. The molecule has 5 heteroatoms. The Hall–Kier alpha value is -1.36. The summed E-state index contributed by atoms with van der Waals surface area (Å²) < 4.78 is 4.61. The number of nitrogens with zero attached hydrogens (tertiary/aromatic N) is 2. The summed E-state index contributed by atoms with van der Waals surface area (Å²) in [6.45, 7) is 5.36. The number of carbonyl (C=O) groups excluding carboxylic acids is 2. The second-order valence-electron chi connectivity index (χ2n) is 5.33. The van der Waals surface area contributed by atoms with Crippen LogP contribution >= 0.6 is 0 Å². The molecule has 0 aliphatic carbocycles. The van der Waals surface area contributed by atoms with Crippen LogP contribution in [0, 0.1) is 5.92 Å². The van der Waals surface area contributed by atoms with Gasteiger partial charge >= 0.3 is 5.97 Å². The van der Waals surface area contributed by atoms with E-state index in [2.05, 4.69) is 21.8 Å². The van der Waals surface area contributed by atoms with E-state index in [1.807, 2.05) is 4.90 Å². The van der Waals surface area contributed by atoms with Crippen LogP contribution < -0.4 is 0 Å². The van der Waals surface area contributed by atoms with Crippen molar-refractivity contribution in [3.8, 4) is 0 Å². The largest absolute Gasteiger partial charge is 0.469 e. The maximum Gasteiger partial charge on any atom is 0.306 e. The lowest BCUT2D eigenvalue weighted by Crippen LogP contribution is -2.39. The van der Waals surface area contributed by atoms with Crippen LogP contribution in [-0.4, -0.2) is 61.0 Å². The minimum absolute atomic E-state index is 0.0695. The summed E-state index contributed by atoms with van der Waals surface area (Å²) >= 11 is 0. The smallest absolute Gasteiger partial charge is 0.306 e. The quantitative estimate of drug-likeness (QED) is 0.554. The Balaban J connectivity index is 1.82. The SMILES string of the molecule is COC(=O)C[C@@H](C)C(=O)N1CC[C@H](N2CC=CC2)C1. The lowest BCUT2D eigenvalue weighted by atomic mass is 10.1. The van der Waals surface area contributed by atoms with Gasteiger partial charge in [-0.3, -0.25) is 14.5 Å². The molecule has 2 rings (SSSR count). The third-order valence-corrected chi connectivity index (χ3v) is 3.96. The molecule has 1 saturated heterocycles. The predicted octanol–water partition coefficient (Wildman–Crippen LogP) is 0.658. The van der Waals surface area contributed by atoms with Crippen LogP contribution in [-0.2, 0) is 14.3 Å². The minimum Gasteiger partial charge on any atom is -0.469 e. The first-order valence-corrected chi connectivity index (χ1v) is 6.86. The van der Waals surface area contributed by atoms with Gasteiger partial charge in [-0.2, -0.15) is 0 Å². The molecule has 2 aliphatic rings. The van der Waals surface area contributed by atoms with Gasteiger partial charge in [-0.15, -0.1) is 0 Å². The van der Waals surface area contributed by atoms with E-state index in [0.717, 1.165) is 32.6 Å². The summed E-state index contributed by atoms with van der Waals surface area (Å²) in [7, 11) is 1.35. The van der Waals surface area contributed by atoms with Crippen LogP contribution in [0.1, 0.15) is 19.8 Å². The average Bonchev–Trinajstić information content (AvgIpc) is 3.07. The maximum atomic E-state index is 12.2. The zero-order valence-corrected chi connectivity index (χ0v) is 11.7. The van der Waals surface area contributed by atoms with Crippen molar-refractivity contribution in [2.45, 2.75) is 25.8 Å². The molecule has 0 aromatic rings. The van der Waals surface area contributed by atoms with Gasteiger partial charge in [0.25, 0.3) is 0 Å². The van der Waals surface area contributed by atoms with Crippen LogP contribution in [0.4, 0.5) is 0 Å². The molecule has 1 fully saturated rings. The normalized spacial score (nSPS) is 24.7. The Bertz CT molecular complexity index is 373. The Morgan fingerprint density at radius 2 is 2.05 bits per heavy atom. The monoisotopic (exact) mass is 266 g/mol. The van der Waals surface area contributed by atoms with Crippen molar-refractivity contribution in [3.63, 3.8) is 0 Å². The van der Waals surface area contributed by atoms with Gasteiger partial charge in [0.05, 0.1) is 13.5 Å².